The highest BCUT2D eigenvalue weighted by atomic mass is 16.5. The summed E-state index contributed by atoms with van der Waals surface area (Å²) in [6.45, 7) is 5.30. The molecular formula is C16H31NO2. The molecule has 1 heterocycles. The highest BCUT2D eigenvalue weighted by molar-refractivity contribution is 4.87. The molecule has 0 spiro atoms. The van der Waals surface area contributed by atoms with E-state index in [1.54, 1.807) is 0 Å². The van der Waals surface area contributed by atoms with E-state index in [0.29, 0.717) is 6.04 Å². The van der Waals surface area contributed by atoms with Gasteiger partial charge in [0, 0.05) is 31.2 Å². The summed E-state index contributed by atoms with van der Waals surface area (Å²) in [5.41, 5.74) is 0.203. The van der Waals surface area contributed by atoms with Crippen LogP contribution in [0.4, 0.5) is 0 Å². The average Bonchev–Trinajstić information content (AvgIpc) is 2.88. The lowest BCUT2D eigenvalue weighted by Crippen LogP contribution is -2.42. The van der Waals surface area contributed by atoms with E-state index in [4.69, 9.17) is 4.74 Å². The van der Waals surface area contributed by atoms with E-state index in [0.717, 1.165) is 38.5 Å². The zero-order valence-electron chi connectivity index (χ0n) is 12.5. The highest BCUT2D eigenvalue weighted by Crippen LogP contribution is 2.33. The molecule has 0 bridgehead atoms. The Bertz CT molecular complexity index is 243. The lowest BCUT2D eigenvalue weighted by molar-refractivity contribution is 0.119. The molecule has 3 heteroatoms. The first-order valence-electron chi connectivity index (χ1n) is 8.20. The maximum atomic E-state index is 9.24. The van der Waals surface area contributed by atoms with Crippen molar-refractivity contribution in [2.45, 2.75) is 64.3 Å². The van der Waals surface area contributed by atoms with E-state index in [-0.39, 0.29) is 12.0 Å². The van der Waals surface area contributed by atoms with Gasteiger partial charge in [-0.05, 0) is 44.4 Å². The third kappa shape index (κ3) is 4.44. The van der Waals surface area contributed by atoms with Crippen LogP contribution in [-0.2, 0) is 4.74 Å². The van der Waals surface area contributed by atoms with Crippen molar-refractivity contribution in [2.24, 2.45) is 11.3 Å². The predicted molar refractivity (Wildman–Crippen MR) is 78.2 cm³/mol. The molecule has 1 atom stereocenters. The van der Waals surface area contributed by atoms with Gasteiger partial charge in [-0.15, -0.1) is 0 Å². The first kappa shape index (κ1) is 15.3. The molecule has 1 saturated heterocycles. The van der Waals surface area contributed by atoms with Crippen LogP contribution >= 0.6 is 0 Å². The molecule has 0 radical (unpaired) electrons. The maximum absolute atomic E-state index is 9.24. The summed E-state index contributed by atoms with van der Waals surface area (Å²) in [5.74, 6) is 0.976. The molecule has 2 aliphatic rings. The van der Waals surface area contributed by atoms with Crippen LogP contribution in [0, 0.1) is 11.3 Å². The van der Waals surface area contributed by atoms with Crippen LogP contribution in [0.3, 0.4) is 0 Å². The number of hydrogen-bond acceptors (Lipinski definition) is 3. The van der Waals surface area contributed by atoms with Gasteiger partial charge < -0.3 is 15.2 Å². The predicted octanol–water partition coefficient (Wildman–Crippen LogP) is 2.72. The molecule has 3 nitrogen and oxygen atoms in total. The first-order chi connectivity index (χ1) is 9.28. The van der Waals surface area contributed by atoms with E-state index in [2.05, 4.69) is 12.2 Å². The molecule has 112 valence electrons. The smallest absolute Gasteiger partial charge is 0.0536 e. The Labute approximate surface area is 118 Å². The van der Waals surface area contributed by atoms with Crippen molar-refractivity contribution in [3.63, 3.8) is 0 Å². The Morgan fingerprint density at radius 3 is 2.63 bits per heavy atom. The summed E-state index contributed by atoms with van der Waals surface area (Å²) < 4.78 is 5.55. The monoisotopic (exact) mass is 269 g/mol. The molecular weight excluding hydrogens is 238 g/mol. The molecule has 2 fully saturated rings. The fourth-order valence-corrected chi connectivity index (χ4v) is 3.74. The van der Waals surface area contributed by atoms with Crippen molar-refractivity contribution in [1.82, 2.24) is 5.32 Å². The second kappa shape index (κ2) is 7.61. The summed E-state index contributed by atoms with van der Waals surface area (Å²) in [6, 6.07) is 0.698. The summed E-state index contributed by atoms with van der Waals surface area (Å²) in [6.07, 6.45) is 10.2. The SMILES string of the molecule is CCCC1CCC(NCC2(CCO)CCOC2)CC1. The molecule has 0 amide bonds. The van der Waals surface area contributed by atoms with E-state index < -0.39 is 0 Å². The second-order valence-corrected chi connectivity index (χ2v) is 6.66. The van der Waals surface area contributed by atoms with Crippen molar-refractivity contribution >= 4 is 0 Å². The van der Waals surface area contributed by atoms with Gasteiger partial charge in [0.25, 0.3) is 0 Å². The van der Waals surface area contributed by atoms with Gasteiger partial charge in [0.05, 0.1) is 6.61 Å². The van der Waals surface area contributed by atoms with Gasteiger partial charge >= 0.3 is 0 Å². The Morgan fingerprint density at radius 1 is 1.26 bits per heavy atom. The summed E-state index contributed by atoms with van der Waals surface area (Å²) in [5, 5.41) is 13.0. The van der Waals surface area contributed by atoms with Crippen LogP contribution in [-0.4, -0.2) is 37.5 Å². The molecule has 1 aliphatic heterocycles. The van der Waals surface area contributed by atoms with Crippen molar-refractivity contribution in [1.29, 1.82) is 0 Å². The fourth-order valence-electron chi connectivity index (χ4n) is 3.74. The fraction of sp³-hybridized carbons (Fsp3) is 1.00. The minimum atomic E-state index is 0.203. The number of aliphatic hydroxyl groups is 1. The molecule has 1 saturated carbocycles. The summed E-state index contributed by atoms with van der Waals surface area (Å²) in [4.78, 5) is 0. The number of aliphatic hydroxyl groups excluding tert-OH is 1. The Balaban J connectivity index is 1.70. The van der Waals surface area contributed by atoms with Gasteiger partial charge in [-0.1, -0.05) is 19.8 Å². The van der Waals surface area contributed by atoms with Crippen LogP contribution in [0.5, 0.6) is 0 Å². The third-order valence-electron chi connectivity index (χ3n) is 5.14. The highest BCUT2D eigenvalue weighted by Gasteiger charge is 2.35. The zero-order chi connectivity index (χ0) is 13.6. The zero-order valence-corrected chi connectivity index (χ0v) is 12.5. The van der Waals surface area contributed by atoms with E-state index in [9.17, 15) is 5.11 Å². The minimum absolute atomic E-state index is 0.203. The van der Waals surface area contributed by atoms with Crippen molar-refractivity contribution in [2.75, 3.05) is 26.4 Å². The lowest BCUT2D eigenvalue weighted by atomic mass is 9.81. The molecule has 1 unspecified atom stereocenters. The van der Waals surface area contributed by atoms with Crippen molar-refractivity contribution in [3.05, 3.63) is 0 Å². The van der Waals surface area contributed by atoms with Gasteiger partial charge in [0.1, 0.15) is 0 Å². The van der Waals surface area contributed by atoms with Crippen LogP contribution in [0.25, 0.3) is 0 Å². The molecule has 1 aliphatic carbocycles. The van der Waals surface area contributed by atoms with Crippen LogP contribution in [0.2, 0.25) is 0 Å². The second-order valence-electron chi connectivity index (χ2n) is 6.66. The summed E-state index contributed by atoms with van der Waals surface area (Å²) in [7, 11) is 0. The van der Waals surface area contributed by atoms with Crippen LogP contribution in [0.1, 0.15) is 58.3 Å². The van der Waals surface area contributed by atoms with E-state index >= 15 is 0 Å². The standard InChI is InChI=1S/C16H31NO2/c1-2-3-14-4-6-15(7-5-14)17-12-16(8-10-18)9-11-19-13-16/h14-15,17-18H,2-13H2,1H3. The van der Waals surface area contributed by atoms with Crippen molar-refractivity contribution in [3.8, 4) is 0 Å². The largest absolute Gasteiger partial charge is 0.396 e. The Kier molecular flexibility index (Phi) is 6.11. The quantitative estimate of drug-likeness (QED) is 0.746. The van der Waals surface area contributed by atoms with Gasteiger partial charge in [0.15, 0.2) is 0 Å². The molecule has 2 N–H and O–H groups in total. The molecule has 19 heavy (non-hydrogen) atoms. The van der Waals surface area contributed by atoms with E-state index in [1.807, 2.05) is 0 Å². The number of hydrogen-bond donors (Lipinski definition) is 2. The topological polar surface area (TPSA) is 41.5 Å². The molecule has 0 aromatic heterocycles. The van der Waals surface area contributed by atoms with Crippen LogP contribution in [0.15, 0.2) is 0 Å². The Morgan fingerprint density at radius 2 is 2.05 bits per heavy atom. The number of ether oxygens (including phenoxy) is 1. The number of nitrogens with one attached hydrogen (secondary N) is 1. The van der Waals surface area contributed by atoms with Gasteiger partial charge in [-0.2, -0.15) is 0 Å². The van der Waals surface area contributed by atoms with Gasteiger partial charge in [-0.3, -0.25) is 0 Å². The molecule has 0 aromatic carbocycles. The maximum Gasteiger partial charge on any atom is 0.0536 e. The summed E-state index contributed by atoms with van der Waals surface area (Å²) >= 11 is 0. The third-order valence-corrected chi connectivity index (χ3v) is 5.14. The minimum Gasteiger partial charge on any atom is -0.396 e. The molecule has 0 aromatic rings. The van der Waals surface area contributed by atoms with Gasteiger partial charge in [-0.25, -0.2) is 0 Å². The average molecular weight is 269 g/mol. The Hall–Kier alpha value is -0.120. The first-order valence-corrected chi connectivity index (χ1v) is 8.20. The van der Waals surface area contributed by atoms with E-state index in [1.165, 1.54) is 38.5 Å². The number of rotatable bonds is 7. The molecule has 2 rings (SSSR count). The van der Waals surface area contributed by atoms with Crippen molar-refractivity contribution < 1.29 is 9.84 Å². The lowest BCUT2D eigenvalue weighted by Gasteiger charge is -2.33. The van der Waals surface area contributed by atoms with Gasteiger partial charge in [0.2, 0.25) is 0 Å². The van der Waals surface area contributed by atoms with Crippen LogP contribution < -0.4 is 5.32 Å². The normalized spacial score (nSPS) is 35.7.